The SMILES string of the molecule is CN(C)Cc1ccc(CSCCNc2nc(C34CC5CC(CC(C5)C3)C4)cs2)o1. The van der Waals surface area contributed by atoms with Crippen LogP contribution in [0.5, 0.6) is 0 Å². The molecule has 158 valence electrons. The predicted molar refractivity (Wildman–Crippen MR) is 123 cm³/mol. The average molecular weight is 432 g/mol. The van der Waals surface area contributed by atoms with E-state index in [-0.39, 0.29) is 0 Å². The summed E-state index contributed by atoms with van der Waals surface area (Å²) >= 11 is 3.73. The third-order valence-electron chi connectivity index (χ3n) is 7.04. The zero-order chi connectivity index (χ0) is 19.8. The Kier molecular flexibility index (Phi) is 5.69. The molecular formula is C23H33N3OS2. The van der Waals surface area contributed by atoms with E-state index in [1.807, 2.05) is 23.1 Å². The van der Waals surface area contributed by atoms with Crippen LogP contribution in [0.25, 0.3) is 0 Å². The van der Waals surface area contributed by atoms with Gasteiger partial charge in [0.15, 0.2) is 5.13 Å². The molecule has 0 atom stereocenters. The molecule has 0 unspecified atom stereocenters. The van der Waals surface area contributed by atoms with E-state index in [9.17, 15) is 0 Å². The van der Waals surface area contributed by atoms with Gasteiger partial charge in [0.25, 0.3) is 0 Å². The van der Waals surface area contributed by atoms with Gasteiger partial charge >= 0.3 is 0 Å². The molecule has 0 saturated heterocycles. The smallest absolute Gasteiger partial charge is 0.182 e. The van der Waals surface area contributed by atoms with Crippen LogP contribution in [0.3, 0.4) is 0 Å². The summed E-state index contributed by atoms with van der Waals surface area (Å²) in [5.41, 5.74) is 1.82. The second-order valence-electron chi connectivity index (χ2n) is 9.82. The zero-order valence-corrected chi connectivity index (χ0v) is 19.3. The van der Waals surface area contributed by atoms with Crippen molar-refractivity contribution in [1.29, 1.82) is 0 Å². The van der Waals surface area contributed by atoms with Crippen LogP contribution in [0.4, 0.5) is 5.13 Å². The average Bonchev–Trinajstić information content (AvgIpc) is 3.30. The van der Waals surface area contributed by atoms with E-state index < -0.39 is 0 Å². The Hall–Kier alpha value is -0.980. The highest BCUT2D eigenvalue weighted by Crippen LogP contribution is 2.60. The Labute approximate surface area is 182 Å². The quantitative estimate of drug-likeness (QED) is 0.523. The van der Waals surface area contributed by atoms with E-state index in [1.165, 1.54) is 44.2 Å². The monoisotopic (exact) mass is 431 g/mol. The maximum Gasteiger partial charge on any atom is 0.182 e. The highest BCUT2D eigenvalue weighted by atomic mass is 32.2. The van der Waals surface area contributed by atoms with E-state index in [2.05, 4.69) is 41.8 Å². The molecule has 2 aromatic heterocycles. The van der Waals surface area contributed by atoms with Crippen molar-refractivity contribution in [2.24, 2.45) is 17.8 Å². The summed E-state index contributed by atoms with van der Waals surface area (Å²) in [6, 6.07) is 4.20. The topological polar surface area (TPSA) is 41.3 Å². The summed E-state index contributed by atoms with van der Waals surface area (Å²) in [5, 5.41) is 7.04. The Morgan fingerprint density at radius 2 is 1.83 bits per heavy atom. The Balaban J connectivity index is 1.08. The third-order valence-corrected chi connectivity index (χ3v) is 8.82. The number of aromatic nitrogens is 1. The van der Waals surface area contributed by atoms with Crippen LogP contribution >= 0.6 is 23.1 Å². The molecule has 6 heteroatoms. The largest absolute Gasteiger partial charge is 0.464 e. The van der Waals surface area contributed by atoms with Crippen molar-refractivity contribution in [3.8, 4) is 0 Å². The highest BCUT2D eigenvalue weighted by Gasteiger charge is 2.52. The van der Waals surface area contributed by atoms with E-state index in [0.717, 1.165) is 59.0 Å². The summed E-state index contributed by atoms with van der Waals surface area (Å²) in [6.45, 7) is 1.83. The van der Waals surface area contributed by atoms with Gasteiger partial charge in [0, 0.05) is 23.1 Å². The lowest BCUT2D eigenvalue weighted by molar-refractivity contribution is -0.00688. The fourth-order valence-electron chi connectivity index (χ4n) is 6.32. The van der Waals surface area contributed by atoms with E-state index >= 15 is 0 Å². The molecule has 1 N–H and O–H groups in total. The molecule has 2 heterocycles. The van der Waals surface area contributed by atoms with Gasteiger partial charge in [0.05, 0.1) is 18.0 Å². The van der Waals surface area contributed by atoms with Gasteiger partial charge in [-0.1, -0.05) is 0 Å². The van der Waals surface area contributed by atoms with Crippen LogP contribution in [-0.2, 0) is 17.7 Å². The van der Waals surface area contributed by atoms with Crippen molar-refractivity contribution in [3.05, 3.63) is 34.7 Å². The minimum absolute atomic E-state index is 0.420. The molecule has 0 spiro atoms. The van der Waals surface area contributed by atoms with Gasteiger partial charge in [0.1, 0.15) is 11.5 Å². The van der Waals surface area contributed by atoms with Gasteiger partial charge in [-0.25, -0.2) is 4.98 Å². The second-order valence-corrected chi connectivity index (χ2v) is 11.8. The first kappa shape index (κ1) is 20.0. The number of hydrogen-bond donors (Lipinski definition) is 1. The Morgan fingerprint density at radius 1 is 1.14 bits per heavy atom. The first-order valence-corrected chi connectivity index (χ1v) is 13.1. The van der Waals surface area contributed by atoms with Crippen LogP contribution < -0.4 is 5.32 Å². The van der Waals surface area contributed by atoms with Gasteiger partial charge in [0.2, 0.25) is 0 Å². The van der Waals surface area contributed by atoms with Crippen LogP contribution in [0.1, 0.15) is 55.7 Å². The third kappa shape index (κ3) is 4.40. The summed E-state index contributed by atoms with van der Waals surface area (Å²) in [4.78, 5) is 7.19. The molecule has 6 rings (SSSR count). The molecule has 0 aromatic carbocycles. The molecule has 4 saturated carbocycles. The second kappa shape index (κ2) is 8.27. The Morgan fingerprint density at radius 3 is 2.52 bits per heavy atom. The summed E-state index contributed by atoms with van der Waals surface area (Å²) in [6.07, 6.45) is 8.69. The summed E-state index contributed by atoms with van der Waals surface area (Å²) in [7, 11) is 4.13. The lowest BCUT2D eigenvalue weighted by atomic mass is 9.49. The number of rotatable bonds is 9. The minimum atomic E-state index is 0.420. The van der Waals surface area contributed by atoms with Gasteiger partial charge in [-0.2, -0.15) is 11.8 Å². The van der Waals surface area contributed by atoms with Crippen molar-refractivity contribution in [2.45, 2.75) is 56.2 Å². The maximum atomic E-state index is 5.89. The van der Waals surface area contributed by atoms with Gasteiger partial charge in [-0.3, -0.25) is 0 Å². The molecule has 29 heavy (non-hydrogen) atoms. The van der Waals surface area contributed by atoms with Gasteiger partial charge in [-0.05, 0) is 82.5 Å². The van der Waals surface area contributed by atoms with Crippen molar-refractivity contribution in [1.82, 2.24) is 9.88 Å². The molecule has 0 radical (unpaired) electrons. The number of nitrogens with zero attached hydrogens (tertiary/aromatic N) is 2. The molecular weight excluding hydrogens is 398 g/mol. The standard InChI is InChI=1S/C23H33N3OS2/c1-26(2)13-19-3-4-20(27-19)14-28-6-5-24-22-25-21(15-29-22)23-10-16-7-17(11-23)9-18(8-16)12-23/h3-4,15-18H,5-14H2,1-2H3,(H,24,25). The summed E-state index contributed by atoms with van der Waals surface area (Å²) in [5.74, 6) is 7.07. The summed E-state index contributed by atoms with van der Waals surface area (Å²) < 4.78 is 5.89. The number of furan rings is 1. The highest BCUT2D eigenvalue weighted by molar-refractivity contribution is 7.98. The number of thiazole rings is 1. The maximum absolute atomic E-state index is 5.89. The molecule has 4 aliphatic carbocycles. The van der Waals surface area contributed by atoms with E-state index in [1.54, 1.807) is 0 Å². The molecule has 4 fully saturated rings. The van der Waals surface area contributed by atoms with Crippen molar-refractivity contribution < 1.29 is 4.42 Å². The minimum Gasteiger partial charge on any atom is -0.464 e. The molecule has 0 aliphatic heterocycles. The first-order chi connectivity index (χ1) is 14.1. The number of nitrogens with one attached hydrogen (secondary N) is 1. The van der Waals surface area contributed by atoms with Crippen LogP contribution in [0.15, 0.2) is 21.9 Å². The van der Waals surface area contributed by atoms with E-state index in [4.69, 9.17) is 9.40 Å². The zero-order valence-electron chi connectivity index (χ0n) is 17.7. The number of thioether (sulfide) groups is 1. The van der Waals surface area contributed by atoms with Crippen LogP contribution in [-0.4, -0.2) is 36.3 Å². The van der Waals surface area contributed by atoms with Gasteiger partial charge in [-0.15, -0.1) is 11.3 Å². The first-order valence-electron chi connectivity index (χ1n) is 11.1. The molecule has 4 nitrogen and oxygen atoms in total. The van der Waals surface area contributed by atoms with Gasteiger partial charge < -0.3 is 14.6 Å². The predicted octanol–water partition coefficient (Wildman–Crippen LogP) is 5.61. The van der Waals surface area contributed by atoms with Crippen LogP contribution in [0, 0.1) is 17.8 Å². The molecule has 2 aromatic rings. The number of hydrogen-bond acceptors (Lipinski definition) is 6. The fraction of sp³-hybridized carbons (Fsp3) is 0.696. The Bertz CT molecular complexity index is 792. The van der Waals surface area contributed by atoms with Crippen molar-refractivity contribution >= 4 is 28.2 Å². The normalized spacial score (nSPS) is 30.4. The molecule has 4 bridgehead atoms. The lowest BCUT2D eigenvalue weighted by Gasteiger charge is -2.56. The number of anilines is 1. The molecule has 0 amide bonds. The molecule has 4 aliphatic rings. The lowest BCUT2D eigenvalue weighted by Crippen LogP contribution is -2.48. The van der Waals surface area contributed by atoms with E-state index in [0.29, 0.717) is 5.41 Å². The van der Waals surface area contributed by atoms with Crippen LogP contribution in [0.2, 0.25) is 0 Å². The van der Waals surface area contributed by atoms with Crippen molar-refractivity contribution in [3.63, 3.8) is 0 Å². The fourth-order valence-corrected chi connectivity index (χ4v) is 7.93. The van der Waals surface area contributed by atoms with Crippen molar-refractivity contribution in [2.75, 3.05) is 31.7 Å².